The molecule has 2 aromatic carbocycles. The average molecular weight is 884 g/mol. The Balaban J connectivity index is 2.05. The first-order valence-corrected chi connectivity index (χ1v) is 22.1. The van der Waals surface area contributed by atoms with Gasteiger partial charge in [0.1, 0.15) is 29.4 Å². The van der Waals surface area contributed by atoms with E-state index in [1.807, 2.05) is 101 Å². The third kappa shape index (κ3) is 15.7. The van der Waals surface area contributed by atoms with Crippen LogP contribution in [0.5, 0.6) is 5.75 Å². The van der Waals surface area contributed by atoms with Crippen LogP contribution in [0.25, 0.3) is 0 Å². The monoisotopic (exact) mass is 884 g/mol. The van der Waals surface area contributed by atoms with Gasteiger partial charge in [0, 0.05) is 32.2 Å². The van der Waals surface area contributed by atoms with Crippen LogP contribution in [0.15, 0.2) is 88.5 Å². The van der Waals surface area contributed by atoms with Gasteiger partial charge >= 0.3 is 0 Å². The highest BCUT2D eigenvalue weighted by Crippen LogP contribution is 2.35. The van der Waals surface area contributed by atoms with Crippen LogP contribution in [0.4, 0.5) is 0 Å². The number of ether oxygens (including phenoxy) is 1. The summed E-state index contributed by atoms with van der Waals surface area (Å²) < 4.78 is 5.62. The van der Waals surface area contributed by atoms with Crippen molar-refractivity contribution in [1.82, 2.24) is 26.6 Å². The zero-order valence-corrected chi connectivity index (χ0v) is 38.3. The van der Waals surface area contributed by atoms with E-state index in [9.17, 15) is 28.8 Å². The number of methoxy groups -OCH3 is 1. The number of amides is 6. The number of benzene rings is 2. The Kier molecular flexibility index (Phi) is 21.3. The number of aliphatic imine (C=N–C) groups is 1. The normalized spacial score (nSPS) is 16.5. The minimum Gasteiger partial charge on any atom is -0.496 e. The van der Waals surface area contributed by atoms with Gasteiger partial charge in [-0.15, -0.1) is 0 Å². The van der Waals surface area contributed by atoms with Crippen molar-refractivity contribution in [1.29, 1.82) is 0 Å². The van der Waals surface area contributed by atoms with Crippen molar-refractivity contribution in [2.45, 2.75) is 129 Å². The predicted molar refractivity (Wildman–Crippen MR) is 250 cm³/mol. The number of rotatable bonds is 25. The van der Waals surface area contributed by atoms with Crippen molar-refractivity contribution >= 4 is 41.4 Å². The molecule has 2 aromatic rings. The van der Waals surface area contributed by atoms with Gasteiger partial charge in [0.15, 0.2) is 5.96 Å². The van der Waals surface area contributed by atoms with Gasteiger partial charge in [-0.25, -0.2) is 0 Å². The molecule has 1 aliphatic rings. The Morgan fingerprint density at radius 2 is 1.58 bits per heavy atom. The van der Waals surface area contributed by atoms with Gasteiger partial charge in [0.05, 0.1) is 13.7 Å². The number of fused-ring (bicyclic) bond motifs is 1. The number of guanidine groups is 1. The zero-order chi connectivity index (χ0) is 47.2. The third-order valence-electron chi connectivity index (χ3n) is 11.3. The highest BCUT2D eigenvalue weighted by atomic mass is 16.5. The van der Waals surface area contributed by atoms with Gasteiger partial charge in [0.25, 0.3) is 0 Å². The Bertz CT molecular complexity index is 2060. The van der Waals surface area contributed by atoms with Crippen LogP contribution in [-0.4, -0.2) is 85.3 Å². The van der Waals surface area contributed by atoms with Crippen LogP contribution in [0.3, 0.4) is 0 Å². The standard InChI is InChI=1S/C48H69N9O7/c1-7-11-23-42(59)57-48(25-24-36-34(29-48)20-15-22-40(36)64-6)46(63)56-38(27-32-18-13-12-14-19-32)45(62)54-37(21-16-26-52-47(50)51)44(61)55-39(43(60)53-30-41(49)58)28-33(10-4)35(17-8-2)31(5)9-3/h8,10,12-15,17-20,22,37-39H,7,9,11,16,21,23-30H2,1-6H3,(H2,49,58)(H,53,60)(H,54,62)(H,55,61)(H,56,63)(H,57,59)(H4,50,51,52)/b17-8-,33-10-,35-31+/t37?,38?,39-,48?/m0/s1. The van der Waals surface area contributed by atoms with Crippen molar-refractivity contribution < 1.29 is 33.5 Å². The Morgan fingerprint density at radius 3 is 2.20 bits per heavy atom. The first kappa shape index (κ1) is 51.9. The first-order valence-electron chi connectivity index (χ1n) is 22.1. The van der Waals surface area contributed by atoms with Gasteiger partial charge in [-0.05, 0) is 93.2 Å². The molecule has 64 heavy (non-hydrogen) atoms. The summed E-state index contributed by atoms with van der Waals surface area (Å²) in [5.74, 6) is -3.08. The summed E-state index contributed by atoms with van der Waals surface area (Å²) in [4.78, 5) is 86.7. The largest absolute Gasteiger partial charge is 0.496 e. The quantitative estimate of drug-likeness (QED) is 0.0315. The zero-order valence-electron chi connectivity index (χ0n) is 38.3. The lowest BCUT2D eigenvalue weighted by Crippen LogP contribution is -2.65. The maximum atomic E-state index is 14.8. The Morgan fingerprint density at radius 1 is 0.875 bits per heavy atom. The summed E-state index contributed by atoms with van der Waals surface area (Å²) in [6.07, 6.45) is 9.30. The van der Waals surface area contributed by atoms with E-state index >= 15 is 0 Å². The molecule has 3 unspecified atom stereocenters. The van der Waals surface area contributed by atoms with Gasteiger partial charge in [-0.3, -0.25) is 33.8 Å². The molecule has 0 bridgehead atoms. The minimum atomic E-state index is -1.40. The summed E-state index contributed by atoms with van der Waals surface area (Å²) in [6.45, 7) is 9.37. The molecule has 6 amide bonds. The smallest absolute Gasteiger partial charge is 0.246 e. The second kappa shape index (κ2) is 26.2. The maximum Gasteiger partial charge on any atom is 0.246 e. The van der Waals surface area contributed by atoms with Crippen molar-refractivity contribution in [3.05, 3.63) is 100 Å². The molecule has 0 heterocycles. The van der Waals surface area contributed by atoms with Crippen molar-refractivity contribution in [2.24, 2.45) is 22.2 Å². The molecule has 0 saturated carbocycles. The minimum absolute atomic E-state index is 0.0428. The van der Waals surface area contributed by atoms with Crippen LogP contribution >= 0.6 is 0 Å². The molecule has 0 spiro atoms. The molecule has 11 N–H and O–H groups in total. The van der Waals surface area contributed by atoms with E-state index < -0.39 is 59.7 Å². The molecule has 0 radical (unpaired) electrons. The fraction of sp³-hybridized carbons (Fsp3) is 0.479. The second-order valence-corrected chi connectivity index (χ2v) is 16.0. The molecule has 0 saturated heterocycles. The fourth-order valence-electron chi connectivity index (χ4n) is 7.69. The molecule has 0 aromatic heterocycles. The molecular formula is C48H69N9O7. The van der Waals surface area contributed by atoms with Crippen molar-refractivity contribution in [3.8, 4) is 5.75 Å². The fourth-order valence-corrected chi connectivity index (χ4v) is 7.69. The Hall–Kier alpha value is -6.45. The summed E-state index contributed by atoms with van der Waals surface area (Å²) in [7, 11) is 1.59. The van der Waals surface area contributed by atoms with Crippen molar-refractivity contribution in [2.75, 3.05) is 20.2 Å². The molecule has 1 aliphatic carbocycles. The topological polar surface area (TPSA) is 262 Å². The van der Waals surface area contributed by atoms with Crippen LogP contribution in [0.1, 0.15) is 103 Å². The summed E-state index contributed by atoms with van der Waals surface area (Å²) in [6, 6.07) is 11.1. The number of allylic oxidation sites excluding steroid dienone is 5. The molecule has 16 nitrogen and oxygen atoms in total. The van der Waals surface area contributed by atoms with Gasteiger partial charge in [-0.2, -0.15) is 0 Å². The second-order valence-electron chi connectivity index (χ2n) is 16.0. The molecule has 16 heteroatoms. The number of nitrogens with one attached hydrogen (secondary N) is 5. The number of hydrogen-bond donors (Lipinski definition) is 8. The van der Waals surface area contributed by atoms with Crippen LogP contribution < -0.4 is 48.5 Å². The molecule has 0 fully saturated rings. The molecular weight excluding hydrogens is 815 g/mol. The lowest BCUT2D eigenvalue weighted by Gasteiger charge is -2.39. The summed E-state index contributed by atoms with van der Waals surface area (Å²) in [5.41, 5.74) is 20.4. The van der Waals surface area contributed by atoms with Gasteiger partial charge < -0.3 is 48.5 Å². The van der Waals surface area contributed by atoms with Crippen LogP contribution in [0.2, 0.25) is 0 Å². The number of nitrogens with two attached hydrogens (primary N) is 3. The van der Waals surface area contributed by atoms with Crippen molar-refractivity contribution in [3.63, 3.8) is 0 Å². The first-order chi connectivity index (χ1) is 30.6. The van der Waals surface area contributed by atoms with Gasteiger partial charge in [-0.1, -0.05) is 86.5 Å². The van der Waals surface area contributed by atoms with E-state index in [4.69, 9.17) is 21.9 Å². The highest BCUT2D eigenvalue weighted by molar-refractivity contribution is 5.98. The Labute approximate surface area is 377 Å². The highest BCUT2D eigenvalue weighted by Gasteiger charge is 2.44. The maximum absolute atomic E-state index is 14.8. The number of carbonyl (C=O) groups excluding carboxylic acids is 6. The number of nitrogens with zero attached hydrogens (tertiary/aromatic N) is 1. The SMILES string of the molecule is C\C=C/C(C(=C\C)/C[C@H](NC(=O)C(CCCN=C(N)N)NC(=O)C(Cc1ccccc1)NC(=O)C1(NC(=O)CCCC)CCc2c(cccc2OC)C1)C(=O)NCC(N)=O)=C(/C)CC. The van der Waals surface area contributed by atoms with E-state index in [0.29, 0.717) is 18.6 Å². The number of hydrogen-bond acceptors (Lipinski definition) is 8. The van der Waals surface area contributed by atoms with E-state index in [-0.39, 0.29) is 63.4 Å². The number of primary amides is 1. The molecule has 3 rings (SSSR count). The van der Waals surface area contributed by atoms with Crippen LogP contribution in [-0.2, 0) is 48.0 Å². The molecule has 0 aliphatic heterocycles. The van der Waals surface area contributed by atoms with Crippen LogP contribution in [0, 0.1) is 0 Å². The average Bonchev–Trinajstić information content (AvgIpc) is 3.28. The van der Waals surface area contributed by atoms with E-state index in [2.05, 4.69) is 31.6 Å². The van der Waals surface area contributed by atoms with E-state index in [1.165, 1.54) is 0 Å². The number of carbonyl (C=O) groups is 6. The molecule has 348 valence electrons. The van der Waals surface area contributed by atoms with E-state index in [0.717, 1.165) is 46.3 Å². The lowest BCUT2D eigenvalue weighted by atomic mass is 9.76. The number of unbranched alkanes of at least 4 members (excludes halogenated alkanes) is 1. The predicted octanol–water partition coefficient (Wildman–Crippen LogP) is 3.22. The van der Waals surface area contributed by atoms with Gasteiger partial charge in [0.2, 0.25) is 35.4 Å². The third-order valence-corrected chi connectivity index (χ3v) is 11.3. The molecule has 4 atom stereocenters. The summed E-state index contributed by atoms with van der Waals surface area (Å²) in [5, 5.41) is 14.2. The van der Waals surface area contributed by atoms with E-state index in [1.54, 1.807) is 7.11 Å². The summed E-state index contributed by atoms with van der Waals surface area (Å²) >= 11 is 0. The lowest BCUT2D eigenvalue weighted by molar-refractivity contribution is -0.137.